The number of rotatable bonds is 5. The summed E-state index contributed by atoms with van der Waals surface area (Å²) in [7, 11) is -3.30. The number of aromatic nitrogens is 1. The van der Waals surface area contributed by atoms with E-state index in [1.54, 1.807) is 31.5 Å². The highest BCUT2D eigenvalue weighted by atomic mass is 32.2. The Balaban J connectivity index is 2.58. The minimum Gasteiger partial charge on any atom is -0.329 e. The van der Waals surface area contributed by atoms with Crippen LogP contribution in [0.5, 0.6) is 0 Å². The van der Waals surface area contributed by atoms with E-state index in [9.17, 15) is 8.42 Å². The van der Waals surface area contributed by atoms with Gasteiger partial charge in [0.05, 0.1) is 5.25 Å². The molecule has 1 unspecified atom stereocenters. The van der Waals surface area contributed by atoms with Crippen molar-refractivity contribution >= 4 is 10.0 Å². The van der Waals surface area contributed by atoms with Crippen molar-refractivity contribution < 1.29 is 8.42 Å². The molecule has 0 aliphatic rings. The predicted molar refractivity (Wildman–Crippen MR) is 58.5 cm³/mol. The number of hydrogen-bond acceptors (Lipinski definition) is 4. The first-order valence-corrected chi connectivity index (χ1v) is 6.18. The zero-order chi connectivity index (χ0) is 11.3. The normalized spacial score (nSPS) is 13.7. The Hall–Kier alpha value is -0.980. The highest BCUT2D eigenvalue weighted by Crippen LogP contribution is 2.00. The monoisotopic (exact) mass is 229 g/mol. The van der Waals surface area contributed by atoms with Crippen LogP contribution in [0, 0.1) is 0 Å². The predicted octanol–water partition coefficient (Wildman–Crippen LogP) is -0.152. The molecule has 0 saturated heterocycles. The average molecular weight is 229 g/mol. The Morgan fingerprint density at radius 3 is 2.60 bits per heavy atom. The summed E-state index contributed by atoms with van der Waals surface area (Å²) in [6.07, 6.45) is 3.24. The smallest absolute Gasteiger partial charge is 0.215 e. The maximum Gasteiger partial charge on any atom is 0.215 e. The molecule has 0 spiro atoms. The van der Waals surface area contributed by atoms with Gasteiger partial charge in [0.1, 0.15) is 0 Å². The van der Waals surface area contributed by atoms with Crippen molar-refractivity contribution in [3.63, 3.8) is 0 Å². The summed E-state index contributed by atoms with van der Waals surface area (Å²) in [6, 6.07) is 3.52. The largest absolute Gasteiger partial charge is 0.329 e. The van der Waals surface area contributed by atoms with Crippen LogP contribution in [-0.4, -0.2) is 25.2 Å². The maximum atomic E-state index is 11.5. The maximum absolute atomic E-state index is 11.5. The lowest BCUT2D eigenvalue weighted by Crippen LogP contribution is -2.36. The summed E-state index contributed by atoms with van der Waals surface area (Å²) >= 11 is 0. The first-order valence-electron chi connectivity index (χ1n) is 4.63. The fraction of sp³-hybridized carbons (Fsp3) is 0.444. The van der Waals surface area contributed by atoms with Gasteiger partial charge in [-0.25, -0.2) is 13.1 Å². The fourth-order valence-corrected chi connectivity index (χ4v) is 1.86. The van der Waals surface area contributed by atoms with Gasteiger partial charge in [0, 0.05) is 25.5 Å². The van der Waals surface area contributed by atoms with Gasteiger partial charge in [-0.05, 0) is 24.6 Å². The Labute approximate surface area is 89.8 Å². The zero-order valence-corrected chi connectivity index (χ0v) is 9.37. The molecule has 0 bridgehead atoms. The van der Waals surface area contributed by atoms with Crippen molar-refractivity contribution in [2.24, 2.45) is 5.73 Å². The molecule has 0 radical (unpaired) electrons. The van der Waals surface area contributed by atoms with E-state index in [4.69, 9.17) is 5.73 Å². The summed E-state index contributed by atoms with van der Waals surface area (Å²) in [6.45, 7) is 1.97. The summed E-state index contributed by atoms with van der Waals surface area (Å²) in [5, 5.41) is -0.570. The Morgan fingerprint density at radius 1 is 1.47 bits per heavy atom. The molecular formula is C9H15N3O2S. The molecule has 0 aliphatic heterocycles. The van der Waals surface area contributed by atoms with Crippen molar-refractivity contribution in [1.29, 1.82) is 0 Å². The second kappa shape index (κ2) is 5.20. The number of nitrogens with zero attached hydrogens (tertiary/aromatic N) is 1. The van der Waals surface area contributed by atoms with Gasteiger partial charge in [0.2, 0.25) is 10.0 Å². The number of hydrogen-bond donors (Lipinski definition) is 2. The van der Waals surface area contributed by atoms with E-state index in [1.807, 2.05) is 0 Å². The lowest BCUT2D eigenvalue weighted by molar-refractivity contribution is 0.568. The zero-order valence-electron chi connectivity index (χ0n) is 8.55. The van der Waals surface area contributed by atoms with Gasteiger partial charge in [-0.1, -0.05) is 0 Å². The summed E-state index contributed by atoms with van der Waals surface area (Å²) in [4.78, 5) is 3.84. The van der Waals surface area contributed by atoms with Crippen LogP contribution in [0.3, 0.4) is 0 Å². The molecule has 0 amide bonds. The Morgan fingerprint density at radius 2 is 2.07 bits per heavy atom. The number of nitrogens with one attached hydrogen (secondary N) is 1. The van der Waals surface area contributed by atoms with Gasteiger partial charge in [-0.15, -0.1) is 0 Å². The average Bonchev–Trinajstić information content (AvgIpc) is 2.27. The van der Waals surface area contributed by atoms with Crippen LogP contribution in [0.1, 0.15) is 12.5 Å². The minimum atomic E-state index is -3.30. The van der Waals surface area contributed by atoms with Crippen molar-refractivity contribution in [3.05, 3.63) is 30.1 Å². The fourth-order valence-electron chi connectivity index (χ4n) is 0.954. The standard InChI is InChI=1S/C9H15N3O2S/c1-8(6-10)15(13,14)12-7-9-2-4-11-5-3-9/h2-5,8,12H,6-7,10H2,1H3. The van der Waals surface area contributed by atoms with E-state index < -0.39 is 15.3 Å². The molecule has 1 aromatic heterocycles. The van der Waals surface area contributed by atoms with E-state index in [-0.39, 0.29) is 13.1 Å². The van der Waals surface area contributed by atoms with E-state index in [2.05, 4.69) is 9.71 Å². The van der Waals surface area contributed by atoms with Crippen molar-refractivity contribution in [3.8, 4) is 0 Å². The summed E-state index contributed by atoms with van der Waals surface area (Å²) < 4.78 is 25.5. The third kappa shape index (κ3) is 3.58. The Kier molecular flexibility index (Phi) is 4.19. The van der Waals surface area contributed by atoms with Gasteiger partial charge >= 0.3 is 0 Å². The van der Waals surface area contributed by atoms with Crippen LogP contribution >= 0.6 is 0 Å². The molecule has 1 heterocycles. The Bertz CT molecular complexity index is 391. The molecule has 0 aliphatic carbocycles. The van der Waals surface area contributed by atoms with Crippen molar-refractivity contribution in [2.75, 3.05) is 6.54 Å². The van der Waals surface area contributed by atoms with Gasteiger partial charge in [0.15, 0.2) is 0 Å². The molecule has 1 atom stereocenters. The molecule has 3 N–H and O–H groups in total. The molecule has 1 rings (SSSR count). The minimum absolute atomic E-state index is 0.117. The summed E-state index contributed by atoms with van der Waals surface area (Å²) in [5.41, 5.74) is 6.17. The van der Waals surface area contributed by atoms with E-state index in [0.717, 1.165) is 5.56 Å². The van der Waals surface area contributed by atoms with Crippen LogP contribution in [-0.2, 0) is 16.6 Å². The first-order chi connectivity index (χ1) is 7.06. The highest BCUT2D eigenvalue weighted by Gasteiger charge is 2.17. The molecule has 1 aromatic rings. The van der Waals surface area contributed by atoms with E-state index >= 15 is 0 Å². The topological polar surface area (TPSA) is 85.1 Å². The van der Waals surface area contributed by atoms with Crippen molar-refractivity contribution in [1.82, 2.24) is 9.71 Å². The van der Waals surface area contributed by atoms with Crippen LogP contribution < -0.4 is 10.5 Å². The third-order valence-corrected chi connectivity index (χ3v) is 3.89. The van der Waals surface area contributed by atoms with E-state index in [1.165, 1.54) is 0 Å². The lowest BCUT2D eigenvalue weighted by Gasteiger charge is -2.11. The van der Waals surface area contributed by atoms with Gasteiger partial charge in [-0.2, -0.15) is 0 Å². The van der Waals surface area contributed by atoms with Gasteiger partial charge < -0.3 is 5.73 Å². The molecule has 0 fully saturated rings. The molecular weight excluding hydrogens is 214 g/mol. The van der Waals surface area contributed by atoms with Gasteiger partial charge in [-0.3, -0.25) is 4.98 Å². The lowest BCUT2D eigenvalue weighted by atomic mass is 10.3. The third-order valence-electron chi connectivity index (χ3n) is 2.09. The van der Waals surface area contributed by atoms with Crippen LogP contribution in [0.25, 0.3) is 0 Å². The molecule has 15 heavy (non-hydrogen) atoms. The molecule has 5 nitrogen and oxygen atoms in total. The van der Waals surface area contributed by atoms with Gasteiger partial charge in [0.25, 0.3) is 0 Å². The second-order valence-electron chi connectivity index (χ2n) is 3.27. The van der Waals surface area contributed by atoms with Crippen molar-refractivity contribution in [2.45, 2.75) is 18.7 Å². The van der Waals surface area contributed by atoms with Crippen LogP contribution in [0.2, 0.25) is 0 Å². The second-order valence-corrected chi connectivity index (χ2v) is 5.45. The molecule has 0 aromatic carbocycles. The quantitative estimate of drug-likeness (QED) is 0.735. The first kappa shape index (κ1) is 12.1. The van der Waals surface area contributed by atoms with E-state index in [0.29, 0.717) is 0 Å². The highest BCUT2D eigenvalue weighted by molar-refractivity contribution is 7.90. The molecule has 0 saturated carbocycles. The summed E-state index contributed by atoms with van der Waals surface area (Å²) in [5.74, 6) is 0. The number of sulfonamides is 1. The number of pyridine rings is 1. The molecule has 84 valence electrons. The van der Waals surface area contributed by atoms with Crippen LogP contribution in [0.4, 0.5) is 0 Å². The number of nitrogens with two attached hydrogens (primary N) is 1. The SMILES string of the molecule is CC(CN)S(=O)(=O)NCc1ccncc1. The van der Waals surface area contributed by atoms with Crippen LogP contribution in [0.15, 0.2) is 24.5 Å². The molecule has 6 heteroatoms.